The maximum atomic E-state index is 10.9. The minimum atomic E-state index is -1.51. The summed E-state index contributed by atoms with van der Waals surface area (Å²) in [5.74, 6) is 0. The second-order valence-electron chi connectivity index (χ2n) is 4.05. The first-order valence-electron chi connectivity index (χ1n) is 5.69. The van der Waals surface area contributed by atoms with Crippen molar-refractivity contribution in [3.05, 3.63) is 23.8 Å². The molecule has 0 aliphatic rings. The number of benzene rings is 1. The Balaban J connectivity index is 3.14. The fourth-order valence-electron chi connectivity index (χ4n) is 1.66. The average Bonchev–Trinajstić information content (AvgIpc) is 2.34. The SMILES string of the molecule is CCN(C)c1ccc(N)cc1CN(C(=O)O)C(=O)O. The second kappa shape index (κ2) is 5.94. The Morgan fingerprint density at radius 3 is 2.32 bits per heavy atom. The molecule has 19 heavy (non-hydrogen) atoms. The Morgan fingerprint density at radius 2 is 1.84 bits per heavy atom. The second-order valence-corrected chi connectivity index (χ2v) is 4.05. The number of imide groups is 1. The number of nitrogens with zero attached hydrogens (tertiary/aromatic N) is 2. The van der Waals surface area contributed by atoms with Crippen LogP contribution in [0.5, 0.6) is 0 Å². The molecule has 0 unspecified atom stereocenters. The molecule has 0 aromatic heterocycles. The van der Waals surface area contributed by atoms with Gasteiger partial charge in [0.15, 0.2) is 0 Å². The van der Waals surface area contributed by atoms with Crippen molar-refractivity contribution in [3.63, 3.8) is 0 Å². The molecule has 0 atom stereocenters. The zero-order valence-corrected chi connectivity index (χ0v) is 10.8. The lowest BCUT2D eigenvalue weighted by atomic mass is 10.1. The molecule has 7 nitrogen and oxygen atoms in total. The molecule has 7 heteroatoms. The van der Waals surface area contributed by atoms with Gasteiger partial charge in [-0.2, -0.15) is 0 Å². The van der Waals surface area contributed by atoms with E-state index in [9.17, 15) is 9.59 Å². The van der Waals surface area contributed by atoms with Gasteiger partial charge in [-0.15, -0.1) is 0 Å². The van der Waals surface area contributed by atoms with E-state index in [1.54, 1.807) is 18.2 Å². The highest BCUT2D eigenvalue weighted by atomic mass is 16.4. The van der Waals surface area contributed by atoms with Crippen LogP contribution in [-0.4, -0.2) is 40.9 Å². The summed E-state index contributed by atoms with van der Waals surface area (Å²) in [4.78, 5) is 24.0. The average molecular weight is 267 g/mol. The number of amides is 2. The minimum absolute atomic E-state index is 0.255. The van der Waals surface area contributed by atoms with Crippen LogP contribution in [0.2, 0.25) is 0 Å². The van der Waals surface area contributed by atoms with E-state index in [4.69, 9.17) is 15.9 Å². The first-order valence-corrected chi connectivity index (χ1v) is 5.69. The highest BCUT2D eigenvalue weighted by Crippen LogP contribution is 2.23. The van der Waals surface area contributed by atoms with E-state index in [1.807, 2.05) is 18.9 Å². The molecule has 104 valence electrons. The Labute approximate surface area is 110 Å². The van der Waals surface area contributed by atoms with Crippen molar-refractivity contribution in [3.8, 4) is 0 Å². The van der Waals surface area contributed by atoms with Crippen LogP contribution >= 0.6 is 0 Å². The topological polar surface area (TPSA) is 107 Å². The first-order chi connectivity index (χ1) is 8.86. The predicted octanol–water partition coefficient (Wildman–Crippen LogP) is 1.88. The van der Waals surface area contributed by atoms with Gasteiger partial charge in [-0.3, -0.25) is 0 Å². The van der Waals surface area contributed by atoms with E-state index in [0.29, 0.717) is 22.7 Å². The molecule has 0 aliphatic carbocycles. The van der Waals surface area contributed by atoms with Crippen LogP contribution in [0.15, 0.2) is 18.2 Å². The van der Waals surface area contributed by atoms with E-state index in [-0.39, 0.29) is 6.54 Å². The van der Waals surface area contributed by atoms with Crippen LogP contribution < -0.4 is 10.6 Å². The fourth-order valence-corrected chi connectivity index (χ4v) is 1.66. The van der Waals surface area contributed by atoms with E-state index in [2.05, 4.69) is 0 Å². The number of nitrogens with two attached hydrogens (primary N) is 1. The zero-order valence-electron chi connectivity index (χ0n) is 10.8. The lowest BCUT2D eigenvalue weighted by Gasteiger charge is -2.23. The third kappa shape index (κ3) is 3.51. The highest BCUT2D eigenvalue weighted by Gasteiger charge is 2.21. The van der Waals surface area contributed by atoms with Gasteiger partial charge in [-0.25, -0.2) is 14.5 Å². The Bertz CT molecular complexity index is 476. The van der Waals surface area contributed by atoms with Crippen LogP contribution in [-0.2, 0) is 6.54 Å². The number of nitrogen functional groups attached to an aromatic ring is 1. The number of rotatable bonds is 4. The largest absolute Gasteiger partial charge is 0.465 e. The van der Waals surface area contributed by atoms with Crippen molar-refractivity contribution in [2.24, 2.45) is 0 Å². The van der Waals surface area contributed by atoms with Gasteiger partial charge in [-0.05, 0) is 30.7 Å². The summed E-state index contributed by atoms with van der Waals surface area (Å²) in [6.07, 6.45) is -3.03. The molecular formula is C12H17N3O4. The molecule has 0 aliphatic heterocycles. The van der Waals surface area contributed by atoms with Gasteiger partial charge < -0.3 is 20.8 Å². The maximum absolute atomic E-state index is 10.9. The molecule has 0 radical (unpaired) electrons. The highest BCUT2D eigenvalue weighted by molar-refractivity contribution is 5.85. The smallest absolute Gasteiger partial charge is 0.417 e. The Kier molecular flexibility index (Phi) is 4.57. The molecule has 0 saturated heterocycles. The van der Waals surface area contributed by atoms with E-state index in [1.165, 1.54) is 0 Å². The van der Waals surface area contributed by atoms with Gasteiger partial charge in [0.2, 0.25) is 0 Å². The van der Waals surface area contributed by atoms with Gasteiger partial charge in [0.1, 0.15) is 0 Å². The fraction of sp³-hybridized carbons (Fsp3) is 0.333. The number of hydrogen-bond donors (Lipinski definition) is 3. The summed E-state index contributed by atoms with van der Waals surface area (Å²) >= 11 is 0. The number of carboxylic acid groups (broad SMARTS) is 2. The summed E-state index contributed by atoms with van der Waals surface area (Å²) in [6.45, 7) is 2.39. The normalized spacial score (nSPS) is 10.0. The van der Waals surface area contributed by atoms with Gasteiger partial charge in [0.05, 0.1) is 6.54 Å². The maximum Gasteiger partial charge on any atom is 0.417 e. The van der Waals surface area contributed by atoms with Crippen LogP contribution in [0.1, 0.15) is 12.5 Å². The summed E-state index contributed by atoms with van der Waals surface area (Å²) in [5, 5.41) is 17.7. The molecule has 1 rings (SSSR count). The number of anilines is 2. The standard InChI is InChI=1S/C12H17N3O4/c1-3-14(2)10-5-4-9(13)6-8(10)7-15(11(16)17)12(18)19/h4-6H,3,7,13H2,1-2H3,(H,16,17)(H,18,19). The lowest BCUT2D eigenvalue weighted by Crippen LogP contribution is -2.34. The first kappa shape index (κ1) is 14.6. The third-order valence-corrected chi connectivity index (χ3v) is 2.78. The minimum Gasteiger partial charge on any atom is -0.465 e. The zero-order chi connectivity index (χ0) is 14.6. The van der Waals surface area contributed by atoms with Gasteiger partial charge in [-0.1, -0.05) is 0 Å². The monoisotopic (exact) mass is 267 g/mol. The predicted molar refractivity (Wildman–Crippen MR) is 71.4 cm³/mol. The summed E-state index contributed by atoms with van der Waals surface area (Å²) in [5.41, 5.74) is 7.43. The Morgan fingerprint density at radius 1 is 1.26 bits per heavy atom. The van der Waals surface area contributed by atoms with Crippen LogP contribution in [0.4, 0.5) is 21.0 Å². The van der Waals surface area contributed by atoms with Crippen LogP contribution in [0.3, 0.4) is 0 Å². The molecule has 0 saturated carbocycles. The molecular weight excluding hydrogens is 250 g/mol. The molecule has 1 aromatic carbocycles. The van der Waals surface area contributed by atoms with E-state index >= 15 is 0 Å². The van der Waals surface area contributed by atoms with Crippen molar-refractivity contribution >= 4 is 23.6 Å². The molecule has 0 heterocycles. The van der Waals surface area contributed by atoms with Crippen molar-refractivity contribution in [1.29, 1.82) is 0 Å². The lowest BCUT2D eigenvalue weighted by molar-refractivity contribution is 0.120. The molecule has 0 spiro atoms. The summed E-state index contributed by atoms with van der Waals surface area (Å²) < 4.78 is 0. The summed E-state index contributed by atoms with van der Waals surface area (Å²) in [6, 6.07) is 5.02. The Hall–Kier alpha value is -2.44. The molecule has 0 bridgehead atoms. The van der Waals surface area contributed by atoms with E-state index in [0.717, 1.165) is 5.69 Å². The van der Waals surface area contributed by atoms with Gasteiger partial charge in [0, 0.05) is 25.0 Å². The molecule has 2 amide bonds. The molecule has 1 aromatic rings. The van der Waals surface area contributed by atoms with Crippen molar-refractivity contribution < 1.29 is 19.8 Å². The number of hydrogen-bond acceptors (Lipinski definition) is 4. The van der Waals surface area contributed by atoms with Crippen molar-refractivity contribution in [2.75, 3.05) is 24.2 Å². The number of carbonyl (C=O) groups is 2. The van der Waals surface area contributed by atoms with Crippen molar-refractivity contribution in [2.45, 2.75) is 13.5 Å². The van der Waals surface area contributed by atoms with E-state index < -0.39 is 12.2 Å². The van der Waals surface area contributed by atoms with Gasteiger partial charge in [0.25, 0.3) is 0 Å². The van der Waals surface area contributed by atoms with Crippen LogP contribution in [0.25, 0.3) is 0 Å². The van der Waals surface area contributed by atoms with Crippen LogP contribution in [0, 0.1) is 0 Å². The molecule has 0 fully saturated rings. The third-order valence-electron chi connectivity index (χ3n) is 2.78. The summed E-state index contributed by atoms with van der Waals surface area (Å²) in [7, 11) is 1.83. The van der Waals surface area contributed by atoms with Gasteiger partial charge >= 0.3 is 12.2 Å². The quantitative estimate of drug-likeness (QED) is 0.719. The van der Waals surface area contributed by atoms with Crippen molar-refractivity contribution in [1.82, 2.24) is 4.90 Å². The molecule has 4 N–H and O–H groups in total.